The van der Waals surface area contributed by atoms with E-state index in [-0.39, 0.29) is 5.95 Å². The van der Waals surface area contributed by atoms with E-state index < -0.39 is 0 Å². The Hall–Kier alpha value is -2.73. The van der Waals surface area contributed by atoms with Crippen molar-refractivity contribution in [3.05, 3.63) is 52.3 Å². The molecule has 1 aliphatic heterocycles. The van der Waals surface area contributed by atoms with Gasteiger partial charge in [-0.25, -0.2) is 4.98 Å². The molecule has 0 radical (unpaired) electrons. The van der Waals surface area contributed by atoms with Crippen molar-refractivity contribution >= 4 is 35.0 Å². The van der Waals surface area contributed by atoms with Crippen LogP contribution in [0.2, 0.25) is 0 Å². The highest BCUT2D eigenvalue weighted by molar-refractivity contribution is 7.08. The van der Waals surface area contributed by atoms with E-state index in [2.05, 4.69) is 49.2 Å². The van der Waals surface area contributed by atoms with Crippen molar-refractivity contribution in [2.75, 3.05) is 11.1 Å². The van der Waals surface area contributed by atoms with Gasteiger partial charge in [0.05, 0.1) is 6.54 Å². The summed E-state index contributed by atoms with van der Waals surface area (Å²) in [6.45, 7) is 0.737. The van der Waals surface area contributed by atoms with E-state index in [0.29, 0.717) is 5.82 Å². The van der Waals surface area contributed by atoms with Crippen molar-refractivity contribution in [1.29, 1.82) is 0 Å². The fourth-order valence-electron chi connectivity index (χ4n) is 2.56. The summed E-state index contributed by atoms with van der Waals surface area (Å²) >= 11 is 1.69. The number of hydrogen-bond donors (Lipinski definition) is 2. The third kappa shape index (κ3) is 2.33. The molecular weight excluding hydrogens is 294 g/mol. The summed E-state index contributed by atoms with van der Waals surface area (Å²) in [7, 11) is 0. The molecule has 5 nitrogen and oxygen atoms in total. The summed E-state index contributed by atoms with van der Waals surface area (Å²) in [6.07, 6.45) is 3.56. The van der Waals surface area contributed by atoms with Crippen LogP contribution in [0.15, 0.2) is 46.2 Å². The van der Waals surface area contributed by atoms with Gasteiger partial charge in [0.2, 0.25) is 5.95 Å². The molecule has 4 rings (SSSR count). The molecule has 0 bridgehead atoms. The van der Waals surface area contributed by atoms with Gasteiger partial charge in [-0.05, 0) is 51.7 Å². The highest BCUT2D eigenvalue weighted by Crippen LogP contribution is 2.34. The number of rotatable bonds is 3. The number of aliphatic imine (C=N–C) groups is 1. The summed E-state index contributed by atoms with van der Waals surface area (Å²) in [6, 6.07) is 8.14. The van der Waals surface area contributed by atoms with Gasteiger partial charge in [-0.1, -0.05) is 0 Å². The quantitative estimate of drug-likeness (QED) is 0.777. The number of aromatic nitrogens is 2. The van der Waals surface area contributed by atoms with Crippen molar-refractivity contribution in [1.82, 2.24) is 9.97 Å². The van der Waals surface area contributed by atoms with Crippen LogP contribution in [-0.4, -0.2) is 16.2 Å². The Bertz CT molecular complexity index is 855. The van der Waals surface area contributed by atoms with E-state index in [4.69, 9.17) is 5.73 Å². The van der Waals surface area contributed by atoms with Crippen LogP contribution in [0.4, 0.5) is 17.5 Å². The maximum absolute atomic E-state index is 5.63. The summed E-state index contributed by atoms with van der Waals surface area (Å²) in [4.78, 5) is 12.5. The third-order valence-electron chi connectivity index (χ3n) is 3.54. The fourth-order valence-corrected chi connectivity index (χ4v) is 3.22. The second kappa shape index (κ2) is 5.23. The minimum absolute atomic E-state index is 0.255. The average molecular weight is 307 g/mol. The zero-order valence-corrected chi connectivity index (χ0v) is 12.5. The molecule has 1 aromatic carbocycles. The van der Waals surface area contributed by atoms with Crippen LogP contribution in [0.5, 0.6) is 0 Å². The van der Waals surface area contributed by atoms with E-state index in [0.717, 1.165) is 17.8 Å². The van der Waals surface area contributed by atoms with Crippen molar-refractivity contribution < 1.29 is 0 Å². The summed E-state index contributed by atoms with van der Waals surface area (Å²) in [5.41, 5.74) is 11.4. The Morgan fingerprint density at radius 1 is 1.23 bits per heavy atom. The van der Waals surface area contributed by atoms with Gasteiger partial charge >= 0.3 is 0 Å². The number of hydrogen-bond acceptors (Lipinski definition) is 6. The topological polar surface area (TPSA) is 76.2 Å². The monoisotopic (exact) mass is 307 g/mol. The molecule has 0 spiro atoms. The number of anilines is 3. The molecular formula is C16H13N5S. The number of nitrogens with one attached hydrogen (secondary N) is 1. The highest BCUT2D eigenvalue weighted by Gasteiger charge is 2.15. The Labute approximate surface area is 131 Å². The second-order valence-corrected chi connectivity index (χ2v) is 5.78. The maximum Gasteiger partial charge on any atom is 0.221 e. The number of fused-ring (bicyclic) bond motifs is 1. The van der Waals surface area contributed by atoms with Gasteiger partial charge < -0.3 is 11.1 Å². The third-order valence-corrected chi connectivity index (χ3v) is 4.23. The van der Waals surface area contributed by atoms with Crippen molar-refractivity contribution in [3.8, 4) is 11.1 Å². The molecule has 0 aliphatic carbocycles. The predicted octanol–water partition coefficient (Wildman–Crippen LogP) is 3.46. The van der Waals surface area contributed by atoms with E-state index in [1.54, 1.807) is 23.6 Å². The lowest BCUT2D eigenvalue weighted by Crippen LogP contribution is -2.00. The molecule has 22 heavy (non-hydrogen) atoms. The molecule has 6 heteroatoms. The number of nitrogens with two attached hydrogens (primary N) is 1. The van der Waals surface area contributed by atoms with E-state index >= 15 is 0 Å². The molecule has 1 aliphatic rings. The molecule has 2 aromatic heterocycles. The standard InChI is InChI=1S/C16H13N5S/c17-16-19-3-1-15(21-16)20-12-5-11-7-18-8-14(11)13(6-12)10-2-4-22-9-10/h1-7,9H,8H2,(H3,17,19,20,21). The molecule has 3 heterocycles. The molecule has 3 N–H and O–H groups in total. The zero-order chi connectivity index (χ0) is 14.9. The van der Waals surface area contributed by atoms with Gasteiger partial charge in [-0.15, -0.1) is 0 Å². The van der Waals surface area contributed by atoms with Gasteiger partial charge in [0, 0.05) is 23.7 Å². The van der Waals surface area contributed by atoms with Crippen molar-refractivity contribution in [2.45, 2.75) is 6.54 Å². The largest absolute Gasteiger partial charge is 0.368 e. The Morgan fingerprint density at radius 2 is 2.18 bits per heavy atom. The highest BCUT2D eigenvalue weighted by atomic mass is 32.1. The first-order chi connectivity index (χ1) is 10.8. The van der Waals surface area contributed by atoms with Crippen LogP contribution >= 0.6 is 11.3 Å². The Morgan fingerprint density at radius 3 is 3.00 bits per heavy atom. The van der Waals surface area contributed by atoms with Crippen molar-refractivity contribution in [3.63, 3.8) is 0 Å². The van der Waals surface area contributed by atoms with E-state index in [1.165, 1.54) is 16.7 Å². The average Bonchev–Trinajstić information content (AvgIpc) is 3.18. The van der Waals surface area contributed by atoms with Crippen LogP contribution in [0.1, 0.15) is 11.1 Å². The van der Waals surface area contributed by atoms with Crippen LogP contribution in [0.25, 0.3) is 11.1 Å². The van der Waals surface area contributed by atoms with Gasteiger partial charge in [-0.3, -0.25) is 4.99 Å². The minimum Gasteiger partial charge on any atom is -0.368 e. The molecule has 0 unspecified atom stereocenters. The summed E-state index contributed by atoms with van der Waals surface area (Å²) in [5, 5.41) is 7.53. The fraction of sp³-hybridized carbons (Fsp3) is 0.0625. The van der Waals surface area contributed by atoms with Crippen LogP contribution in [-0.2, 0) is 6.54 Å². The summed E-state index contributed by atoms with van der Waals surface area (Å²) < 4.78 is 0. The zero-order valence-electron chi connectivity index (χ0n) is 11.7. The van der Waals surface area contributed by atoms with Gasteiger partial charge in [0.25, 0.3) is 0 Å². The number of thiophene rings is 1. The molecule has 0 amide bonds. The van der Waals surface area contributed by atoms with E-state index in [1.807, 2.05) is 6.21 Å². The van der Waals surface area contributed by atoms with Gasteiger partial charge in [0.15, 0.2) is 0 Å². The Kier molecular flexibility index (Phi) is 3.08. The molecule has 108 valence electrons. The first-order valence-electron chi connectivity index (χ1n) is 6.84. The van der Waals surface area contributed by atoms with Crippen LogP contribution < -0.4 is 11.1 Å². The lowest BCUT2D eigenvalue weighted by Gasteiger charge is -2.12. The molecule has 0 fully saturated rings. The number of benzene rings is 1. The predicted molar refractivity (Wildman–Crippen MR) is 90.8 cm³/mol. The number of nitrogen functional groups attached to an aromatic ring is 1. The molecule has 0 atom stereocenters. The summed E-state index contributed by atoms with van der Waals surface area (Å²) in [5.74, 6) is 0.935. The number of nitrogens with zero attached hydrogens (tertiary/aromatic N) is 3. The lowest BCUT2D eigenvalue weighted by molar-refractivity contribution is 1.11. The minimum atomic E-state index is 0.255. The van der Waals surface area contributed by atoms with Crippen molar-refractivity contribution in [2.24, 2.45) is 4.99 Å². The SMILES string of the molecule is Nc1nccc(Nc2cc3c(c(-c4ccsc4)c2)CN=C3)n1. The first-order valence-corrected chi connectivity index (χ1v) is 7.79. The van der Waals surface area contributed by atoms with Gasteiger partial charge in [0.1, 0.15) is 5.82 Å². The maximum atomic E-state index is 5.63. The van der Waals surface area contributed by atoms with Crippen LogP contribution in [0, 0.1) is 0 Å². The first kappa shape index (κ1) is 13.0. The second-order valence-electron chi connectivity index (χ2n) is 5.00. The van der Waals surface area contributed by atoms with Gasteiger partial charge in [-0.2, -0.15) is 16.3 Å². The normalized spacial score (nSPS) is 12.4. The molecule has 3 aromatic rings. The Balaban J connectivity index is 1.77. The van der Waals surface area contributed by atoms with E-state index in [9.17, 15) is 0 Å². The lowest BCUT2D eigenvalue weighted by atomic mass is 9.98. The molecule has 0 saturated carbocycles. The van der Waals surface area contributed by atoms with Crippen LogP contribution in [0.3, 0.4) is 0 Å². The smallest absolute Gasteiger partial charge is 0.221 e. The molecule has 0 saturated heterocycles.